The largest absolute Gasteiger partial charge is 0.367 e. The minimum atomic E-state index is -0.225. The van der Waals surface area contributed by atoms with Crippen LogP contribution in [0.3, 0.4) is 0 Å². The zero-order valence-electron chi connectivity index (χ0n) is 9.29. The second-order valence-electron chi connectivity index (χ2n) is 3.52. The molecule has 0 unspecified atom stereocenters. The van der Waals surface area contributed by atoms with Crippen LogP contribution in [-0.2, 0) is 11.3 Å². The Morgan fingerprint density at radius 3 is 3.00 bits per heavy atom. The summed E-state index contributed by atoms with van der Waals surface area (Å²) < 4.78 is 1.36. The number of hydrogen-bond donors (Lipinski definition) is 2. The van der Waals surface area contributed by atoms with Gasteiger partial charge in [-0.3, -0.25) is 4.79 Å². The number of rotatable bonds is 3. The molecule has 0 saturated heterocycles. The fourth-order valence-electron chi connectivity index (χ4n) is 1.32. The van der Waals surface area contributed by atoms with Crippen molar-refractivity contribution in [1.82, 2.24) is 19.7 Å². The number of nitrogen functional groups attached to an aromatic ring is 1. The van der Waals surface area contributed by atoms with Crippen molar-refractivity contribution in [3.05, 3.63) is 30.2 Å². The predicted molar refractivity (Wildman–Crippen MR) is 62.0 cm³/mol. The highest BCUT2D eigenvalue weighted by Crippen LogP contribution is 2.08. The molecule has 17 heavy (non-hydrogen) atoms. The molecule has 3 N–H and O–H groups in total. The van der Waals surface area contributed by atoms with Crippen LogP contribution in [0.25, 0.3) is 0 Å². The molecule has 0 aliphatic rings. The molecule has 1 amide bonds. The summed E-state index contributed by atoms with van der Waals surface area (Å²) in [6, 6.07) is 3.68. The van der Waals surface area contributed by atoms with Crippen molar-refractivity contribution in [2.24, 2.45) is 0 Å². The first kappa shape index (κ1) is 11.1. The molecule has 0 aliphatic carbocycles. The average molecular weight is 232 g/mol. The van der Waals surface area contributed by atoms with Crippen LogP contribution in [0.1, 0.15) is 5.56 Å². The van der Waals surface area contributed by atoms with Gasteiger partial charge in [0.25, 0.3) is 0 Å². The number of carbonyl (C=O) groups is 1. The minimum Gasteiger partial charge on any atom is -0.367 e. The molecule has 7 heteroatoms. The first-order chi connectivity index (χ1) is 8.15. The van der Waals surface area contributed by atoms with Crippen molar-refractivity contribution in [2.45, 2.75) is 13.5 Å². The van der Waals surface area contributed by atoms with Gasteiger partial charge in [-0.2, -0.15) is 0 Å². The summed E-state index contributed by atoms with van der Waals surface area (Å²) in [6.45, 7) is 1.93. The quantitative estimate of drug-likeness (QED) is 0.787. The number of nitrogens with zero attached hydrogens (tertiary/aromatic N) is 4. The molecular weight excluding hydrogens is 220 g/mol. The average Bonchev–Trinajstić information content (AvgIpc) is 2.67. The van der Waals surface area contributed by atoms with Crippen molar-refractivity contribution in [1.29, 1.82) is 0 Å². The minimum absolute atomic E-state index is 0.0558. The normalized spacial score (nSPS) is 10.2. The third-order valence-electron chi connectivity index (χ3n) is 2.13. The van der Waals surface area contributed by atoms with Crippen LogP contribution < -0.4 is 11.1 Å². The molecule has 0 fully saturated rings. The van der Waals surface area contributed by atoms with Crippen molar-refractivity contribution in [3.63, 3.8) is 0 Å². The van der Waals surface area contributed by atoms with Gasteiger partial charge in [0.15, 0.2) is 0 Å². The van der Waals surface area contributed by atoms with Crippen molar-refractivity contribution < 1.29 is 4.79 Å². The number of hydrogen-bond acceptors (Lipinski definition) is 5. The lowest BCUT2D eigenvalue weighted by molar-refractivity contribution is -0.116. The van der Waals surface area contributed by atoms with Crippen molar-refractivity contribution in [3.8, 4) is 0 Å². The van der Waals surface area contributed by atoms with Crippen LogP contribution in [0.5, 0.6) is 0 Å². The number of aryl methyl sites for hydroxylation is 1. The number of amides is 1. The molecule has 88 valence electrons. The first-order valence-corrected chi connectivity index (χ1v) is 5.01. The summed E-state index contributed by atoms with van der Waals surface area (Å²) in [6.07, 6.45) is 3.02. The van der Waals surface area contributed by atoms with Gasteiger partial charge in [-0.15, -0.1) is 5.10 Å². The van der Waals surface area contributed by atoms with Gasteiger partial charge in [0.1, 0.15) is 18.7 Å². The number of nitrogens with one attached hydrogen (secondary N) is 1. The Labute approximate surface area is 97.7 Å². The van der Waals surface area contributed by atoms with Crippen LogP contribution >= 0.6 is 0 Å². The van der Waals surface area contributed by atoms with E-state index in [1.165, 1.54) is 11.0 Å². The lowest BCUT2D eigenvalue weighted by Gasteiger charge is -2.06. The monoisotopic (exact) mass is 232 g/mol. The number of pyridine rings is 1. The Morgan fingerprint density at radius 2 is 2.35 bits per heavy atom. The standard InChI is InChI=1S/C10H12N6O/c1-7-3-2-4-12-9(7)14-8(17)5-16-6-13-10(11)15-16/h2-4,6H,5H2,1H3,(H2,11,15)(H,12,14,17). The fraction of sp³-hybridized carbons (Fsp3) is 0.200. The third-order valence-corrected chi connectivity index (χ3v) is 2.13. The number of nitrogens with two attached hydrogens (primary N) is 1. The van der Waals surface area contributed by atoms with E-state index in [0.29, 0.717) is 5.82 Å². The summed E-state index contributed by atoms with van der Waals surface area (Å²) >= 11 is 0. The van der Waals surface area contributed by atoms with E-state index >= 15 is 0 Å². The smallest absolute Gasteiger partial charge is 0.247 e. The zero-order valence-corrected chi connectivity index (χ0v) is 9.29. The highest BCUT2D eigenvalue weighted by Gasteiger charge is 2.07. The van der Waals surface area contributed by atoms with Crippen molar-refractivity contribution in [2.75, 3.05) is 11.1 Å². The molecule has 0 bridgehead atoms. The third kappa shape index (κ3) is 2.77. The Morgan fingerprint density at radius 1 is 1.53 bits per heavy atom. The maximum Gasteiger partial charge on any atom is 0.247 e. The molecule has 2 heterocycles. The molecule has 0 radical (unpaired) electrons. The van der Waals surface area contributed by atoms with Crippen LogP contribution in [0.15, 0.2) is 24.7 Å². The van der Waals surface area contributed by atoms with Crippen LogP contribution in [0.4, 0.5) is 11.8 Å². The lowest BCUT2D eigenvalue weighted by atomic mass is 10.3. The predicted octanol–water partition coefficient (Wildman–Crippen LogP) is 0.202. The van der Waals surface area contributed by atoms with Gasteiger partial charge in [0, 0.05) is 6.20 Å². The van der Waals surface area contributed by atoms with E-state index in [1.54, 1.807) is 6.20 Å². The van der Waals surface area contributed by atoms with E-state index in [4.69, 9.17) is 5.73 Å². The Bertz CT molecular complexity index is 535. The molecule has 0 spiro atoms. The van der Waals surface area contributed by atoms with E-state index in [1.807, 2.05) is 19.1 Å². The highest BCUT2D eigenvalue weighted by molar-refractivity contribution is 5.90. The van der Waals surface area contributed by atoms with Gasteiger partial charge in [0.2, 0.25) is 11.9 Å². The van der Waals surface area contributed by atoms with Crippen LogP contribution in [0.2, 0.25) is 0 Å². The van der Waals surface area contributed by atoms with Gasteiger partial charge in [-0.1, -0.05) is 6.07 Å². The summed E-state index contributed by atoms with van der Waals surface area (Å²) in [4.78, 5) is 19.5. The number of carbonyl (C=O) groups excluding carboxylic acids is 1. The second-order valence-corrected chi connectivity index (χ2v) is 3.52. The fourth-order valence-corrected chi connectivity index (χ4v) is 1.32. The van der Waals surface area contributed by atoms with E-state index < -0.39 is 0 Å². The summed E-state index contributed by atoms with van der Waals surface area (Å²) in [5, 5.41) is 6.51. The van der Waals surface area contributed by atoms with Gasteiger partial charge < -0.3 is 11.1 Å². The topological polar surface area (TPSA) is 98.7 Å². The van der Waals surface area contributed by atoms with Gasteiger partial charge >= 0.3 is 0 Å². The Kier molecular flexibility index (Phi) is 2.99. The number of anilines is 2. The van der Waals surface area contributed by atoms with Gasteiger partial charge in [0.05, 0.1) is 0 Å². The summed E-state index contributed by atoms with van der Waals surface area (Å²) in [5.41, 5.74) is 6.25. The maximum absolute atomic E-state index is 11.7. The Hall–Kier alpha value is -2.44. The maximum atomic E-state index is 11.7. The van der Waals surface area contributed by atoms with Crippen LogP contribution in [0, 0.1) is 6.92 Å². The second kappa shape index (κ2) is 4.60. The van der Waals surface area contributed by atoms with E-state index in [0.717, 1.165) is 5.56 Å². The summed E-state index contributed by atoms with van der Waals surface area (Å²) in [7, 11) is 0. The summed E-state index contributed by atoms with van der Waals surface area (Å²) in [5.74, 6) is 0.467. The van der Waals surface area contributed by atoms with Gasteiger partial charge in [-0.05, 0) is 18.6 Å². The molecule has 2 aromatic rings. The van der Waals surface area contributed by atoms with Crippen LogP contribution in [-0.4, -0.2) is 25.7 Å². The van der Waals surface area contributed by atoms with Gasteiger partial charge in [-0.25, -0.2) is 14.6 Å². The number of aromatic nitrogens is 4. The molecule has 0 saturated carbocycles. The molecule has 0 aliphatic heterocycles. The molecule has 2 aromatic heterocycles. The highest BCUT2D eigenvalue weighted by atomic mass is 16.2. The SMILES string of the molecule is Cc1cccnc1NC(=O)Cn1cnc(N)n1. The van der Waals surface area contributed by atoms with E-state index in [2.05, 4.69) is 20.4 Å². The van der Waals surface area contributed by atoms with Crippen molar-refractivity contribution >= 4 is 17.7 Å². The molecule has 0 atom stereocenters. The molecule has 7 nitrogen and oxygen atoms in total. The van der Waals surface area contributed by atoms with E-state index in [9.17, 15) is 4.79 Å². The molecular formula is C10H12N6O. The van der Waals surface area contributed by atoms with E-state index in [-0.39, 0.29) is 18.4 Å². The first-order valence-electron chi connectivity index (χ1n) is 5.01. The Balaban J connectivity index is 2.01. The lowest BCUT2D eigenvalue weighted by Crippen LogP contribution is -2.20. The zero-order chi connectivity index (χ0) is 12.3. The molecule has 2 rings (SSSR count). The molecule has 0 aromatic carbocycles.